The van der Waals surface area contributed by atoms with Crippen molar-refractivity contribution in [3.63, 3.8) is 0 Å². The number of urea groups is 1. The predicted octanol–water partition coefficient (Wildman–Crippen LogP) is 5.10. The highest BCUT2D eigenvalue weighted by atomic mass is 35.5. The molecule has 37 heavy (non-hydrogen) atoms. The minimum atomic E-state index is -1.19. The smallest absolute Gasteiger partial charge is 0.323 e. The minimum Gasteiger partial charge on any atom is -0.480 e. The van der Waals surface area contributed by atoms with Crippen molar-refractivity contribution in [3.8, 4) is 0 Å². The number of aliphatic carboxylic acids is 1. The third-order valence-corrected chi connectivity index (χ3v) is 6.62. The van der Waals surface area contributed by atoms with E-state index in [1.165, 1.54) is 0 Å². The molecule has 7 nitrogen and oxygen atoms in total. The summed E-state index contributed by atoms with van der Waals surface area (Å²) >= 11 is 6.20. The van der Waals surface area contributed by atoms with Gasteiger partial charge in [0.1, 0.15) is 6.54 Å². The second-order valence-electron chi connectivity index (χ2n) is 8.87. The lowest BCUT2D eigenvalue weighted by Gasteiger charge is -2.37. The van der Waals surface area contributed by atoms with Gasteiger partial charge in [-0.05, 0) is 42.2 Å². The lowest BCUT2D eigenvalue weighted by Crippen LogP contribution is -2.51. The first-order valence-electron chi connectivity index (χ1n) is 12.0. The molecule has 8 heteroatoms. The largest absolute Gasteiger partial charge is 0.480 e. The van der Waals surface area contributed by atoms with Crippen LogP contribution in [0.15, 0.2) is 96.2 Å². The third-order valence-electron chi connectivity index (χ3n) is 6.38. The Kier molecular flexibility index (Phi) is 8.25. The molecule has 1 atom stereocenters. The maximum Gasteiger partial charge on any atom is 0.323 e. The van der Waals surface area contributed by atoms with E-state index in [-0.39, 0.29) is 17.4 Å². The van der Waals surface area contributed by atoms with Gasteiger partial charge in [-0.3, -0.25) is 9.59 Å². The topological polar surface area (TPSA) is 98.7 Å². The Morgan fingerprint density at radius 1 is 1.00 bits per heavy atom. The number of carboxylic acid groups (broad SMARTS) is 1. The molecular weight excluding hydrogens is 490 g/mol. The highest BCUT2D eigenvalue weighted by molar-refractivity contribution is 6.30. The van der Waals surface area contributed by atoms with E-state index in [0.717, 1.165) is 16.0 Å². The van der Waals surface area contributed by atoms with E-state index in [1.54, 1.807) is 31.2 Å². The van der Waals surface area contributed by atoms with Crippen molar-refractivity contribution in [1.29, 1.82) is 0 Å². The molecule has 0 fully saturated rings. The molecule has 3 amide bonds. The van der Waals surface area contributed by atoms with Crippen LogP contribution in [-0.2, 0) is 9.59 Å². The fourth-order valence-electron chi connectivity index (χ4n) is 4.73. The number of benzene rings is 3. The first-order valence-corrected chi connectivity index (χ1v) is 12.4. The number of carboxylic acids is 1. The van der Waals surface area contributed by atoms with Gasteiger partial charge < -0.3 is 20.6 Å². The number of hydrogen-bond acceptors (Lipinski definition) is 3. The summed E-state index contributed by atoms with van der Waals surface area (Å²) in [6.07, 6.45) is 0.652. The second kappa shape index (κ2) is 11.8. The number of carbonyl (C=O) groups excluding carboxylic acids is 2. The average Bonchev–Trinajstić information content (AvgIpc) is 2.88. The Hall–Kier alpha value is -4.10. The molecule has 1 heterocycles. The molecule has 0 saturated carbocycles. The number of carbonyl (C=O) groups is 3. The van der Waals surface area contributed by atoms with Gasteiger partial charge in [0.05, 0.1) is 11.6 Å². The Morgan fingerprint density at radius 2 is 1.62 bits per heavy atom. The number of allylic oxidation sites excluding steroid dienone is 1. The molecule has 4 rings (SSSR count). The molecule has 0 aromatic heterocycles. The van der Waals surface area contributed by atoms with Crippen LogP contribution >= 0.6 is 11.6 Å². The molecule has 1 aliphatic rings. The van der Waals surface area contributed by atoms with Crippen molar-refractivity contribution >= 4 is 29.5 Å². The van der Waals surface area contributed by atoms with Crippen molar-refractivity contribution in [2.75, 3.05) is 13.1 Å². The fourth-order valence-corrected chi connectivity index (χ4v) is 4.92. The van der Waals surface area contributed by atoms with Gasteiger partial charge >= 0.3 is 12.0 Å². The standard InChI is InChI=1S/C29H28ClN3O4/c1-19-26(27(22-13-8-14-23(30)17-22)33(18-25(34)35)29(37)32-19)28(36)31-16-15-24(20-9-4-2-5-10-20)21-11-6-3-7-12-21/h2-14,17,24,27H,15-16,18H2,1H3,(H,31,36)(H,32,37)(H,34,35). The summed E-state index contributed by atoms with van der Waals surface area (Å²) < 4.78 is 0. The van der Waals surface area contributed by atoms with E-state index >= 15 is 0 Å². The lowest BCUT2D eigenvalue weighted by molar-refractivity contribution is -0.138. The number of hydrogen-bond donors (Lipinski definition) is 3. The highest BCUT2D eigenvalue weighted by Crippen LogP contribution is 2.35. The van der Waals surface area contributed by atoms with Crippen molar-refractivity contribution in [2.24, 2.45) is 0 Å². The number of amides is 3. The van der Waals surface area contributed by atoms with E-state index in [2.05, 4.69) is 34.9 Å². The summed E-state index contributed by atoms with van der Waals surface area (Å²) in [6.45, 7) is 1.44. The summed E-state index contributed by atoms with van der Waals surface area (Å²) in [5.41, 5.74) is 3.50. The molecule has 0 aliphatic carbocycles. The zero-order chi connectivity index (χ0) is 26.4. The highest BCUT2D eigenvalue weighted by Gasteiger charge is 2.38. The summed E-state index contributed by atoms with van der Waals surface area (Å²) in [6, 6.07) is 25.5. The van der Waals surface area contributed by atoms with Crippen LogP contribution in [0.2, 0.25) is 5.02 Å². The van der Waals surface area contributed by atoms with Gasteiger partial charge in [0.15, 0.2) is 0 Å². The van der Waals surface area contributed by atoms with Crippen LogP contribution in [0.1, 0.15) is 42.0 Å². The van der Waals surface area contributed by atoms with Gasteiger partial charge in [-0.15, -0.1) is 0 Å². The molecule has 0 spiro atoms. The number of halogens is 1. The summed E-state index contributed by atoms with van der Waals surface area (Å²) in [5, 5.41) is 15.5. The summed E-state index contributed by atoms with van der Waals surface area (Å²) in [5.74, 6) is -1.48. The van der Waals surface area contributed by atoms with E-state index < -0.39 is 24.6 Å². The normalized spacial score (nSPS) is 15.5. The van der Waals surface area contributed by atoms with Gasteiger partial charge in [0, 0.05) is 23.2 Å². The molecule has 1 aliphatic heterocycles. The fraction of sp³-hybridized carbons (Fsp3) is 0.207. The lowest BCUT2D eigenvalue weighted by atomic mass is 9.88. The number of nitrogens with zero attached hydrogens (tertiary/aromatic N) is 1. The first-order chi connectivity index (χ1) is 17.8. The second-order valence-corrected chi connectivity index (χ2v) is 9.30. The van der Waals surface area contributed by atoms with Gasteiger partial charge in [0.25, 0.3) is 5.91 Å². The maximum absolute atomic E-state index is 13.5. The van der Waals surface area contributed by atoms with E-state index in [0.29, 0.717) is 29.2 Å². The van der Waals surface area contributed by atoms with Gasteiger partial charge in [0.2, 0.25) is 0 Å². The van der Waals surface area contributed by atoms with Gasteiger partial charge in [-0.2, -0.15) is 0 Å². The quantitative estimate of drug-likeness (QED) is 0.367. The van der Waals surface area contributed by atoms with Crippen molar-refractivity contribution in [3.05, 3.63) is 118 Å². The molecule has 0 saturated heterocycles. The Morgan fingerprint density at radius 3 is 2.19 bits per heavy atom. The van der Waals surface area contributed by atoms with Crippen LogP contribution in [-0.4, -0.2) is 41.0 Å². The Labute approximate surface area is 220 Å². The summed E-state index contributed by atoms with van der Waals surface area (Å²) in [7, 11) is 0. The number of rotatable bonds is 9. The summed E-state index contributed by atoms with van der Waals surface area (Å²) in [4.78, 5) is 39.0. The van der Waals surface area contributed by atoms with E-state index in [9.17, 15) is 19.5 Å². The molecule has 0 radical (unpaired) electrons. The van der Waals surface area contributed by atoms with Crippen LogP contribution in [0.3, 0.4) is 0 Å². The first kappa shape index (κ1) is 26.0. The molecule has 3 aromatic carbocycles. The molecule has 1 unspecified atom stereocenters. The molecule has 3 aromatic rings. The van der Waals surface area contributed by atoms with Gasteiger partial charge in [-0.25, -0.2) is 4.79 Å². The zero-order valence-corrected chi connectivity index (χ0v) is 21.1. The third kappa shape index (κ3) is 6.19. The maximum atomic E-state index is 13.5. The predicted molar refractivity (Wildman–Crippen MR) is 142 cm³/mol. The molecule has 190 valence electrons. The number of nitrogens with one attached hydrogen (secondary N) is 2. The molecule has 3 N–H and O–H groups in total. The monoisotopic (exact) mass is 517 g/mol. The van der Waals surface area contributed by atoms with Crippen LogP contribution in [0.4, 0.5) is 4.79 Å². The van der Waals surface area contributed by atoms with Crippen LogP contribution in [0.25, 0.3) is 0 Å². The van der Waals surface area contributed by atoms with Crippen molar-refractivity contribution < 1.29 is 19.5 Å². The average molecular weight is 518 g/mol. The van der Waals surface area contributed by atoms with Crippen molar-refractivity contribution in [2.45, 2.75) is 25.3 Å². The molecule has 0 bridgehead atoms. The van der Waals surface area contributed by atoms with Crippen LogP contribution in [0, 0.1) is 0 Å². The molecular formula is C29H28ClN3O4. The Balaban J connectivity index is 1.59. The Bertz CT molecular complexity index is 1270. The van der Waals surface area contributed by atoms with Crippen LogP contribution < -0.4 is 10.6 Å². The van der Waals surface area contributed by atoms with E-state index in [4.69, 9.17) is 11.6 Å². The van der Waals surface area contributed by atoms with Gasteiger partial charge in [-0.1, -0.05) is 84.4 Å². The minimum absolute atomic E-state index is 0.0797. The van der Waals surface area contributed by atoms with Crippen molar-refractivity contribution in [1.82, 2.24) is 15.5 Å². The SMILES string of the molecule is CC1=C(C(=O)NCCC(c2ccccc2)c2ccccc2)C(c2cccc(Cl)c2)N(CC(=O)O)C(=O)N1. The van der Waals surface area contributed by atoms with Crippen LogP contribution in [0.5, 0.6) is 0 Å². The zero-order valence-electron chi connectivity index (χ0n) is 20.4. The van der Waals surface area contributed by atoms with E-state index in [1.807, 2.05) is 36.4 Å².